The summed E-state index contributed by atoms with van der Waals surface area (Å²) in [7, 11) is 0. The van der Waals surface area contributed by atoms with Crippen molar-refractivity contribution in [1.29, 1.82) is 0 Å². The summed E-state index contributed by atoms with van der Waals surface area (Å²) in [4.78, 5) is 0. The van der Waals surface area contributed by atoms with Gasteiger partial charge in [-0.05, 0) is 45.3 Å². The fourth-order valence-corrected chi connectivity index (χ4v) is 1.30. The van der Waals surface area contributed by atoms with Gasteiger partial charge in [-0.15, -0.1) is 0 Å². The average Bonchev–Trinajstić information content (AvgIpc) is 1.98. The van der Waals surface area contributed by atoms with Gasteiger partial charge in [0.15, 0.2) is 0 Å². The normalized spacial score (nSPS) is 13.8. The van der Waals surface area contributed by atoms with Crippen LogP contribution in [0.5, 0.6) is 0 Å². The van der Waals surface area contributed by atoms with Gasteiger partial charge in [-0.25, -0.2) is 0 Å². The minimum Gasteiger partial charge on any atom is -0.358 e. The van der Waals surface area contributed by atoms with Crippen molar-refractivity contribution in [3.8, 4) is 0 Å². The molecule has 1 radical (unpaired) electrons. The van der Waals surface area contributed by atoms with Crippen LogP contribution in [0, 0.1) is 22.3 Å². The standard InChI is InChI=1S/C9H14.3CH3.Ti/c1-6-5-7(2)9(4)8(6)3;;;;/h5H2,1-4H3;3*1H3;/q;3*-1;+3. The molecule has 1 aliphatic rings. The Balaban J connectivity index is -0.000000101. The van der Waals surface area contributed by atoms with Crippen molar-refractivity contribution in [2.45, 2.75) is 34.1 Å². The predicted octanol–water partition coefficient (Wildman–Crippen LogP) is 4.41. The first-order chi connectivity index (χ1) is 4.13. The quantitative estimate of drug-likeness (QED) is 0.414. The Hall–Kier alpha value is 0.194. The van der Waals surface area contributed by atoms with Gasteiger partial charge in [-0.3, -0.25) is 0 Å². The van der Waals surface area contributed by atoms with Crippen LogP contribution in [0.4, 0.5) is 0 Å². The van der Waals surface area contributed by atoms with Gasteiger partial charge in [0.2, 0.25) is 0 Å². The Morgan fingerprint density at radius 2 is 0.923 bits per heavy atom. The molecule has 0 fully saturated rings. The number of hydrogen-bond donors (Lipinski definition) is 0. The van der Waals surface area contributed by atoms with E-state index in [2.05, 4.69) is 27.7 Å². The van der Waals surface area contributed by atoms with Gasteiger partial charge in [-0.1, -0.05) is 11.1 Å². The summed E-state index contributed by atoms with van der Waals surface area (Å²) in [6.07, 6.45) is 1.21. The van der Waals surface area contributed by atoms with E-state index in [1.54, 1.807) is 11.1 Å². The van der Waals surface area contributed by atoms with Gasteiger partial charge in [0.1, 0.15) is 0 Å². The SMILES string of the molecule is CC1=C(C)C(C)=C(C)C1.[CH3-].[CH3-].[CH3-].[Ti+3]. The fraction of sp³-hybridized carbons (Fsp3) is 0.417. The summed E-state index contributed by atoms with van der Waals surface area (Å²) in [5.74, 6) is 0. The third kappa shape index (κ3) is 4.83. The Morgan fingerprint density at radius 1 is 0.692 bits per heavy atom. The summed E-state index contributed by atoms with van der Waals surface area (Å²) in [5, 5.41) is 0. The van der Waals surface area contributed by atoms with Gasteiger partial charge in [0.05, 0.1) is 0 Å². The Labute approximate surface area is 100 Å². The molecule has 0 heterocycles. The molecule has 0 aromatic rings. The van der Waals surface area contributed by atoms with E-state index < -0.39 is 0 Å². The van der Waals surface area contributed by atoms with Crippen LogP contribution in [-0.2, 0) is 21.7 Å². The summed E-state index contributed by atoms with van der Waals surface area (Å²) in [6.45, 7) is 8.85. The zero-order valence-corrected chi connectivity index (χ0v) is 11.8. The summed E-state index contributed by atoms with van der Waals surface area (Å²) >= 11 is 0. The molecular weight excluding hydrogens is 192 g/mol. The molecule has 1 heteroatoms. The zero-order valence-electron chi connectivity index (χ0n) is 10.2. The first kappa shape index (κ1) is 23.2. The second kappa shape index (κ2) is 8.78. The molecule has 0 saturated heterocycles. The molecule has 0 aromatic heterocycles. The topological polar surface area (TPSA) is 0 Å². The minimum atomic E-state index is 0. The number of allylic oxidation sites excluding steroid dienone is 4. The van der Waals surface area contributed by atoms with Crippen molar-refractivity contribution in [1.82, 2.24) is 0 Å². The van der Waals surface area contributed by atoms with Crippen LogP contribution in [0.25, 0.3) is 0 Å². The second-order valence-corrected chi connectivity index (χ2v) is 2.99. The van der Waals surface area contributed by atoms with Crippen LogP contribution in [0.2, 0.25) is 0 Å². The number of rotatable bonds is 0. The molecule has 1 aliphatic carbocycles. The first-order valence-electron chi connectivity index (χ1n) is 3.46. The first-order valence-corrected chi connectivity index (χ1v) is 3.46. The zero-order chi connectivity index (χ0) is 7.02. The Kier molecular flexibility index (Phi) is 15.7. The molecule has 0 N–H and O–H groups in total. The summed E-state index contributed by atoms with van der Waals surface area (Å²) in [5.41, 5.74) is 6.11. The molecule has 1 rings (SSSR count). The summed E-state index contributed by atoms with van der Waals surface area (Å²) in [6, 6.07) is 0. The monoisotopic (exact) mass is 215 g/mol. The maximum Gasteiger partial charge on any atom is 3.00 e. The molecule has 0 saturated carbocycles. The van der Waals surface area contributed by atoms with Crippen LogP contribution < -0.4 is 0 Å². The third-order valence-electron chi connectivity index (χ3n) is 2.37. The summed E-state index contributed by atoms with van der Waals surface area (Å²) < 4.78 is 0. The fourth-order valence-electron chi connectivity index (χ4n) is 1.30. The minimum absolute atomic E-state index is 0. The Morgan fingerprint density at radius 3 is 1.00 bits per heavy atom. The van der Waals surface area contributed by atoms with Gasteiger partial charge in [0.25, 0.3) is 0 Å². The van der Waals surface area contributed by atoms with Gasteiger partial charge in [-0.2, -0.15) is 0 Å². The smallest absolute Gasteiger partial charge is 0.358 e. The van der Waals surface area contributed by atoms with E-state index in [0.717, 1.165) is 0 Å². The van der Waals surface area contributed by atoms with Crippen molar-refractivity contribution in [3.05, 3.63) is 44.6 Å². The van der Waals surface area contributed by atoms with Crippen LogP contribution in [0.3, 0.4) is 0 Å². The van der Waals surface area contributed by atoms with Gasteiger partial charge >= 0.3 is 21.7 Å². The van der Waals surface area contributed by atoms with E-state index >= 15 is 0 Å². The molecule has 0 amide bonds. The molecule has 75 valence electrons. The van der Waals surface area contributed by atoms with Crippen molar-refractivity contribution >= 4 is 0 Å². The van der Waals surface area contributed by atoms with E-state index in [0.29, 0.717) is 0 Å². The van der Waals surface area contributed by atoms with Crippen LogP contribution >= 0.6 is 0 Å². The molecular formula is C12H23Ti. The van der Waals surface area contributed by atoms with E-state index in [4.69, 9.17) is 0 Å². The molecule has 0 atom stereocenters. The van der Waals surface area contributed by atoms with Crippen LogP contribution in [0.1, 0.15) is 34.1 Å². The molecule has 0 bridgehead atoms. The Bertz CT molecular complexity index is 175. The van der Waals surface area contributed by atoms with Crippen LogP contribution in [-0.4, -0.2) is 0 Å². The molecule has 0 unspecified atom stereocenters. The molecule has 13 heavy (non-hydrogen) atoms. The number of hydrogen-bond acceptors (Lipinski definition) is 0. The van der Waals surface area contributed by atoms with Crippen molar-refractivity contribution in [2.75, 3.05) is 0 Å². The maximum absolute atomic E-state index is 2.22. The van der Waals surface area contributed by atoms with Crippen molar-refractivity contribution < 1.29 is 21.7 Å². The van der Waals surface area contributed by atoms with E-state index in [9.17, 15) is 0 Å². The van der Waals surface area contributed by atoms with Crippen LogP contribution in [0.15, 0.2) is 22.3 Å². The maximum atomic E-state index is 2.22. The van der Waals surface area contributed by atoms with E-state index in [1.807, 2.05) is 0 Å². The molecule has 0 aliphatic heterocycles. The predicted molar refractivity (Wildman–Crippen MR) is 60.6 cm³/mol. The van der Waals surface area contributed by atoms with Gasteiger partial charge in [0, 0.05) is 0 Å². The van der Waals surface area contributed by atoms with Crippen molar-refractivity contribution in [3.63, 3.8) is 0 Å². The molecule has 0 spiro atoms. The third-order valence-corrected chi connectivity index (χ3v) is 2.37. The molecule has 0 nitrogen and oxygen atoms in total. The van der Waals surface area contributed by atoms with E-state index in [-0.39, 0.29) is 44.0 Å². The largest absolute Gasteiger partial charge is 3.00 e. The average molecular weight is 215 g/mol. The second-order valence-electron chi connectivity index (χ2n) is 2.99. The van der Waals surface area contributed by atoms with Gasteiger partial charge < -0.3 is 22.3 Å². The van der Waals surface area contributed by atoms with Crippen molar-refractivity contribution in [2.24, 2.45) is 0 Å². The van der Waals surface area contributed by atoms with E-state index in [1.165, 1.54) is 17.6 Å². The molecule has 0 aromatic carbocycles.